The molecule has 3 N–H and O–H groups in total. The summed E-state index contributed by atoms with van der Waals surface area (Å²) in [7, 11) is 0.307. The number of aromatic hydroxyl groups is 1. The molecular weight excluding hydrogens is 478 g/mol. The number of rotatable bonds is 10. The molecule has 0 aromatic heterocycles. The Morgan fingerprint density at radius 2 is 1.69 bits per heavy atom. The molecule has 0 aliphatic carbocycles. The largest absolute Gasteiger partial charge is 0.508 e. The van der Waals surface area contributed by atoms with E-state index in [1.54, 1.807) is 22.5 Å². The number of benzene rings is 3. The molecule has 1 atom stereocenters. The van der Waals surface area contributed by atoms with Crippen molar-refractivity contribution in [2.24, 2.45) is 5.92 Å². The number of aliphatic hydroxyl groups excluding tert-OH is 1. The van der Waals surface area contributed by atoms with Crippen molar-refractivity contribution in [2.75, 3.05) is 51.8 Å². The SMILES string of the molecule is CN(C)c1cccc2c(S(=O)(=O)N3CCC(CNC[C@H](O)COc4ccc(O)cc4)CC3)cccc12. The Morgan fingerprint density at radius 1 is 1.03 bits per heavy atom. The van der Waals surface area contributed by atoms with Crippen molar-refractivity contribution in [3.05, 3.63) is 60.7 Å². The summed E-state index contributed by atoms with van der Waals surface area (Å²) >= 11 is 0. The van der Waals surface area contributed by atoms with Gasteiger partial charge in [-0.1, -0.05) is 24.3 Å². The minimum absolute atomic E-state index is 0.148. The molecule has 194 valence electrons. The van der Waals surface area contributed by atoms with E-state index in [9.17, 15) is 18.6 Å². The summed E-state index contributed by atoms with van der Waals surface area (Å²) in [6, 6.07) is 17.6. The van der Waals surface area contributed by atoms with E-state index in [1.807, 2.05) is 49.3 Å². The number of hydrogen-bond donors (Lipinski definition) is 3. The highest BCUT2D eigenvalue weighted by Gasteiger charge is 2.30. The van der Waals surface area contributed by atoms with Crippen LogP contribution >= 0.6 is 0 Å². The Bertz CT molecular complexity index is 1260. The van der Waals surface area contributed by atoms with Crippen molar-refractivity contribution in [3.63, 3.8) is 0 Å². The quantitative estimate of drug-likeness (QED) is 0.383. The van der Waals surface area contributed by atoms with E-state index in [4.69, 9.17) is 4.74 Å². The van der Waals surface area contributed by atoms with Crippen LogP contribution in [0.1, 0.15) is 12.8 Å². The second kappa shape index (κ2) is 11.5. The first kappa shape index (κ1) is 26.2. The molecule has 4 rings (SSSR count). The molecule has 0 spiro atoms. The molecule has 0 amide bonds. The molecule has 8 nitrogen and oxygen atoms in total. The highest BCUT2D eigenvalue weighted by Crippen LogP contribution is 2.33. The normalized spacial score (nSPS) is 16.2. The molecule has 0 radical (unpaired) electrons. The van der Waals surface area contributed by atoms with Crippen molar-refractivity contribution < 1.29 is 23.4 Å². The van der Waals surface area contributed by atoms with Gasteiger partial charge in [0.2, 0.25) is 10.0 Å². The Balaban J connectivity index is 1.28. The first-order chi connectivity index (χ1) is 17.3. The lowest BCUT2D eigenvalue weighted by Gasteiger charge is -2.32. The molecule has 1 aliphatic heterocycles. The van der Waals surface area contributed by atoms with Gasteiger partial charge in [0.15, 0.2) is 0 Å². The van der Waals surface area contributed by atoms with E-state index in [0.29, 0.717) is 42.7 Å². The zero-order valence-electron chi connectivity index (χ0n) is 20.8. The Morgan fingerprint density at radius 3 is 2.39 bits per heavy atom. The van der Waals surface area contributed by atoms with Crippen LogP contribution in [0.15, 0.2) is 65.6 Å². The van der Waals surface area contributed by atoms with E-state index < -0.39 is 16.1 Å². The maximum absolute atomic E-state index is 13.5. The number of phenolic OH excluding ortho intramolecular Hbond substituents is 1. The van der Waals surface area contributed by atoms with Crippen molar-refractivity contribution in [1.82, 2.24) is 9.62 Å². The molecule has 36 heavy (non-hydrogen) atoms. The molecule has 1 saturated heterocycles. The van der Waals surface area contributed by atoms with Gasteiger partial charge in [-0.2, -0.15) is 4.31 Å². The average Bonchev–Trinajstić information content (AvgIpc) is 2.88. The second-order valence-electron chi connectivity index (χ2n) is 9.49. The van der Waals surface area contributed by atoms with Crippen LogP contribution in [-0.4, -0.2) is 75.9 Å². The number of nitrogens with one attached hydrogen (secondary N) is 1. The number of fused-ring (bicyclic) bond motifs is 1. The van der Waals surface area contributed by atoms with Crippen LogP contribution in [0, 0.1) is 5.92 Å². The fourth-order valence-corrected chi connectivity index (χ4v) is 6.30. The average molecular weight is 514 g/mol. The smallest absolute Gasteiger partial charge is 0.243 e. The van der Waals surface area contributed by atoms with Gasteiger partial charge in [-0.15, -0.1) is 0 Å². The monoisotopic (exact) mass is 513 g/mol. The summed E-state index contributed by atoms with van der Waals surface area (Å²) in [5, 5.41) is 24.4. The first-order valence-corrected chi connectivity index (χ1v) is 13.7. The van der Waals surface area contributed by atoms with Crippen molar-refractivity contribution >= 4 is 26.5 Å². The fourth-order valence-electron chi connectivity index (χ4n) is 4.62. The van der Waals surface area contributed by atoms with Gasteiger partial charge in [-0.25, -0.2) is 8.42 Å². The number of phenols is 1. The van der Waals surface area contributed by atoms with Gasteiger partial charge in [0, 0.05) is 50.2 Å². The minimum atomic E-state index is -3.60. The van der Waals surface area contributed by atoms with E-state index in [1.165, 1.54) is 12.1 Å². The molecule has 0 unspecified atom stereocenters. The molecule has 1 heterocycles. The molecule has 3 aromatic rings. The second-order valence-corrected chi connectivity index (χ2v) is 11.4. The Hall–Kier alpha value is -2.85. The predicted octanol–water partition coefficient (Wildman–Crippen LogP) is 3.04. The Kier molecular flexibility index (Phi) is 8.35. The topological polar surface area (TPSA) is 102 Å². The third-order valence-corrected chi connectivity index (χ3v) is 8.58. The maximum Gasteiger partial charge on any atom is 0.243 e. The standard InChI is InChI=1S/C27H35N3O5S/c1-29(2)26-7-3-6-25-24(26)5-4-8-27(25)36(33,34)30-15-13-20(14-16-30)17-28-18-22(32)19-35-23-11-9-21(31)10-12-23/h3-12,20,22,28,31-32H,13-19H2,1-2H3/t22-/m0/s1. The van der Waals surface area contributed by atoms with Crippen molar-refractivity contribution in [3.8, 4) is 11.5 Å². The van der Waals surface area contributed by atoms with Crippen LogP contribution in [0.3, 0.4) is 0 Å². The zero-order valence-corrected chi connectivity index (χ0v) is 21.6. The van der Waals surface area contributed by atoms with Gasteiger partial charge in [0.1, 0.15) is 24.2 Å². The van der Waals surface area contributed by atoms with E-state index in [-0.39, 0.29) is 12.4 Å². The van der Waals surface area contributed by atoms with Crippen LogP contribution in [-0.2, 0) is 10.0 Å². The van der Waals surface area contributed by atoms with Gasteiger partial charge < -0.3 is 25.2 Å². The molecule has 0 saturated carbocycles. The lowest BCUT2D eigenvalue weighted by molar-refractivity contribution is 0.104. The summed E-state index contributed by atoms with van der Waals surface area (Å²) in [6.45, 7) is 2.20. The summed E-state index contributed by atoms with van der Waals surface area (Å²) in [4.78, 5) is 2.35. The van der Waals surface area contributed by atoms with Crippen molar-refractivity contribution in [2.45, 2.75) is 23.8 Å². The number of nitrogens with zero attached hydrogens (tertiary/aromatic N) is 2. The van der Waals surface area contributed by atoms with Gasteiger partial charge in [-0.3, -0.25) is 0 Å². The van der Waals surface area contributed by atoms with Crippen LogP contribution < -0.4 is 15.0 Å². The molecule has 9 heteroatoms. The van der Waals surface area contributed by atoms with Crippen LogP contribution in [0.2, 0.25) is 0 Å². The summed E-state index contributed by atoms with van der Waals surface area (Å²) in [5.74, 6) is 1.10. The van der Waals surface area contributed by atoms with E-state index in [0.717, 1.165) is 29.3 Å². The Labute approximate surface area is 213 Å². The van der Waals surface area contributed by atoms with Gasteiger partial charge in [0.25, 0.3) is 0 Å². The summed E-state index contributed by atoms with van der Waals surface area (Å²) in [6.07, 6.45) is 0.859. The van der Waals surface area contributed by atoms with Crippen LogP contribution in [0.25, 0.3) is 10.8 Å². The number of sulfonamides is 1. The highest BCUT2D eigenvalue weighted by molar-refractivity contribution is 7.89. The zero-order chi connectivity index (χ0) is 25.7. The lowest BCUT2D eigenvalue weighted by atomic mass is 9.98. The van der Waals surface area contributed by atoms with E-state index in [2.05, 4.69) is 5.32 Å². The third-order valence-electron chi connectivity index (χ3n) is 6.62. The number of piperidine rings is 1. The number of anilines is 1. The van der Waals surface area contributed by atoms with Crippen LogP contribution in [0.5, 0.6) is 11.5 Å². The highest BCUT2D eigenvalue weighted by atomic mass is 32.2. The predicted molar refractivity (Wildman–Crippen MR) is 142 cm³/mol. The third kappa shape index (κ3) is 6.10. The fraction of sp³-hybridized carbons (Fsp3) is 0.407. The molecule has 0 bridgehead atoms. The summed E-state index contributed by atoms with van der Waals surface area (Å²) < 4.78 is 34.2. The van der Waals surface area contributed by atoms with Crippen LogP contribution in [0.4, 0.5) is 5.69 Å². The number of ether oxygens (including phenoxy) is 1. The molecular formula is C27H35N3O5S. The first-order valence-electron chi connectivity index (χ1n) is 12.3. The lowest BCUT2D eigenvalue weighted by Crippen LogP contribution is -2.42. The van der Waals surface area contributed by atoms with Gasteiger partial charge >= 0.3 is 0 Å². The molecule has 1 fully saturated rings. The number of aliphatic hydroxyl groups is 1. The minimum Gasteiger partial charge on any atom is -0.508 e. The number of hydrogen-bond acceptors (Lipinski definition) is 7. The molecule has 1 aliphatic rings. The van der Waals surface area contributed by atoms with E-state index >= 15 is 0 Å². The van der Waals surface area contributed by atoms with Gasteiger partial charge in [-0.05, 0) is 61.7 Å². The molecule has 3 aromatic carbocycles. The maximum atomic E-state index is 13.5. The van der Waals surface area contributed by atoms with Gasteiger partial charge in [0.05, 0.1) is 4.90 Å². The summed E-state index contributed by atoms with van der Waals surface area (Å²) in [5.41, 5.74) is 0.991. The van der Waals surface area contributed by atoms with Crippen molar-refractivity contribution in [1.29, 1.82) is 0 Å².